The average molecular weight is 150 g/mol. The van der Waals surface area contributed by atoms with Crippen LogP contribution in [0.5, 0.6) is 0 Å². The van der Waals surface area contributed by atoms with Crippen molar-refractivity contribution >= 4 is 12.1 Å². The summed E-state index contributed by atoms with van der Waals surface area (Å²) < 4.78 is 4.66. The molecule has 0 saturated carbocycles. The normalized spacial score (nSPS) is 10.4. The topological polar surface area (TPSA) is 34.5 Å². The van der Waals surface area contributed by atoms with Crippen molar-refractivity contribution in [2.75, 3.05) is 7.11 Å². The Hall–Kier alpha value is -1.38. The summed E-state index contributed by atoms with van der Waals surface area (Å²) in [5.41, 5.74) is 1.79. The van der Waals surface area contributed by atoms with Gasteiger partial charge in [-0.1, -0.05) is 0 Å². The smallest absolute Gasteiger partial charge is 0.174 e. The van der Waals surface area contributed by atoms with Gasteiger partial charge in [0.05, 0.1) is 19.0 Å². The molecule has 0 atom stereocenters. The Morgan fingerprint density at radius 3 is 2.91 bits per heavy atom. The summed E-state index contributed by atoms with van der Waals surface area (Å²) in [4.78, 5) is 8.02. The van der Waals surface area contributed by atoms with E-state index in [1.807, 2.05) is 19.1 Å². The number of hydrogen-bond acceptors (Lipinski definition) is 3. The van der Waals surface area contributed by atoms with Crippen LogP contribution < -0.4 is 0 Å². The van der Waals surface area contributed by atoms with Crippen LogP contribution in [-0.4, -0.2) is 18.5 Å². The Bertz CT molecular complexity index is 241. The highest BCUT2D eigenvalue weighted by atomic mass is 16.5. The zero-order chi connectivity index (χ0) is 8.10. The highest BCUT2D eigenvalue weighted by molar-refractivity contribution is 5.54. The Labute approximate surface area is 65.8 Å². The molecule has 0 amide bonds. The maximum absolute atomic E-state index is 4.66. The second kappa shape index (κ2) is 3.71. The first-order valence-electron chi connectivity index (χ1n) is 3.31. The average Bonchev–Trinajstić information content (AvgIpc) is 2.04. The molecule has 0 radical (unpaired) electrons. The first-order chi connectivity index (χ1) is 5.33. The molecular formula is C8H10N2O. The molecule has 1 rings (SSSR count). The number of aromatic nitrogens is 1. The third-order valence-electron chi connectivity index (χ3n) is 1.20. The van der Waals surface area contributed by atoms with Crippen molar-refractivity contribution in [1.29, 1.82) is 0 Å². The molecule has 3 nitrogen and oxygen atoms in total. The fourth-order valence-electron chi connectivity index (χ4n) is 0.650. The standard InChI is InChI=1S/C8H10N2O/c1-7-3-4-8(5-9-7)10-6-11-2/h3-6H,1-2H3/b10-6+. The third kappa shape index (κ3) is 2.37. The lowest BCUT2D eigenvalue weighted by Gasteiger charge is -1.92. The lowest BCUT2D eigenvalue weighted by Crippen LogP contribution is -1.78. The van der Waals surface area contributed by atoms with Gasteiger partial charge in [-0.15, -0.1) is 0 Å². The van der Waals surface area contributed by atoms with Crippen molar-refractivity contribution in [1.82, 2.24) is 4.98 Å². The molecule has 0 aliphatic heterocycles. The van der Waals surface area contributed by atoms with Crippen LogP contribution in [-0.2, 0) is 4.74 Å². The predicted octanol–water partition coefficient (Wildman–Crippen LogP) is 1.70. The van der Waals surface area contributed by atoms with Crippen molar-refractivity contribution in [3.8, 4) is 0 Å². The van der Waals surface area contributed by atoms with E-state index in [-0.39, 0.29) is 0 Å². The minimum atomic E-state index is 0.803. The fourth-order valence-corrected chi connectivity index (χ4v) is 0.650. The summed E-state index contributed by atoms with van der Waals surface area (Å²) >= 11 is 0. The molecule has 0 aliphatic carbocycles. The van der Waals surface area contributed by atoms with E-state index in [2.05, 4.69) is 14.7 Å². The molecule has 0 aromatic carbocycles. The summed E-state index contributed by atoms with van der Waals surface area (Å²) in [5.74, 6) is 0. The van der Waals surface area contributed by atoms with Crippen molar-refractivity contribution < 1.29 is 4.74 Å². The Morgan fingerprint density at radius 1 is 1.55 bits per heavy atom. The number of hydrogen-bond donors (Lipinski definition) is 0. The van der Waals surface area contributed by atoms with Gasteiger partial charge >= 0.3 is 0 Å². The zero-order valence-electron chi connectivity index (χ0n) is 6.61. The van der Waals surface area contributed by atoms with Gasteiger partial charge in [0.2, 0.25) is 0 Å². The third-order valence-corrected chi connectivity index (χ3v) is 1.20. The van der Waals surface area contributed by atoms with Gasteiger partial charge in [-0.2, -0.15) is 0 Å². The predicted molar refractivity (Wildman–Crippen MR) is 44.1 cm³/mol. The van der Waals surface area contributed by atoms with Gasteiger partial charge in [0, 0.05) is 5.69 Å². The Kier molecular flexibility index (Phi) is 2.60. The molecule has 58 valence electrons. The fraction of sp³-hybridized carbons (Fsp3) is 0.250. The molecule has 0 fully saturated rings. The maximum atomic E-state index is 4.66. The van der Waals surface area contributed by atoms with E-state index in [9.17, 15) is 0 Å². The van der Waals surface area contributed by atoms with Crippen molar-refractivity contribution in [2.24, 2.45) is 4.99 Å². The van der Waals surface area contributed by atoms with E-state index < -0.39 is 0 Å². The first-order valence-corrected chi connectivity index (χ1v) is 3.31. The lowest BCUT2D eigenvalue weighted by atomic mass is 10.3. The monoisotopic (exact) mass is 150 g/mol. The SMILES string of the molecule is CO/C=N/c1ccc(C)nc1. The van der Waals surface area contributed by atoms with E-state index in [1.54, 1.807) is 13.3 Å². The summed E-state index contributed by atoms with van der Waals surface area (Å²) in [5, 5.41) is 0. The lowest BCUT2D eigenvalue weighted by molar-refractivity contribution is 0.423. The molecular weight excluding hydrogens is 140 g/mol. The molecule has 0 saturated heterocycles. The minimum Gasteiger partial charge on any atom is -0.486 e. The molecule has 0 bridgehead atoms. The van der Waals surface area contributed by atoms with Crippen molar-refractivity contribution in [3.05, 3.63) is 24.0 Å². The number of ether oxygens (including phenoxy) is 1. The van der Waals surface area contributed by atoms with Crippen LogP contribution in [0.25, 0.3) is 0 Å². The first kappa shape index (κ1) is 7.72. The Morgan fingerprint density at radius 2 is 2.36 bits per heavy atom. The van der Waals surface area contributed by atoms with Gasteiger partial charge in [-0.3, -0.25) is 4.98 Å². The van der Waals surface area contributed by atoms with Gasteiger partial charge in [0.15, 0.2) is 6.40 Å². The molecule has 3 heteroatoms. The zero-order valence-corrected chi connectivity index (χ0v) is 6.61. The molecule has 1 aromatic rings. The Balaban J connectivity index is 2.73. The molecule has 0 aliphatic rings. The van der Waals surface area contributed by atoms with Crippen LogP contribution in [0, 0.1) is 6.92 Å². The quantitative estimate of drug-likeness (QED) is 0.475. The molecule has 1 aromatic heterocycles. The summed E-state index contributed by atoms with van der Waals surface area (Å²) in [7, 11) is 1.56. The van der Waals surface area contributed by atoms with Gasteiger partial charge in [-0.05, 0) is 19.1 Å². The number of aliphatic imine (C=N–C) groups is 1. The van der Waals surface area contributed by atoms with Crippen LogP contribution in [0.15, 0.2) is 23.3 Å². The van der Waals surface area contributed by atoms with Crippen LogP contribution in [0.1, 0.15) is 5.69 Å². The summed E-state index contributed by atoms with van der Waals surface area (Å²) in [6, 6.07) is 3.79. The second-order valence-electron chi connectivity index (χ2n) is 2.13. The molecule has 1 heterocycles. The number of rotatable bonds is 2. The molecule has 11 heavy (non-hydrogen) atoms. The van der Waals surface area contributed by atoms with Crippen molar-refractivity contribution in [2.45, 2.75) is 6.92 Å². The highest BCUT2D eigenvalue weighted by Crippen LogP contribution is 2.08. The van der Waals surface area contributed by atoms with Gasteiger partial charge < -0.3 is 4.74 Å². The van der Waals surface area contributed by atoms with Gasteiger partial charge in [-0.25, -0.2) is 4.99 Å². The largest absolute Gasteiger partial charge is 0.486 e. The highest BCUT2D eigenvalue weighted by Gasteiger charge is 1.86. The van der Waals surface area contributed by atoms with Crippen LogP contribution >= 0.6 is 0 Å². The van der Waals surface area contributed by atoms with Crippen LogP contribution in [0.2, 0.25) is 0 Å². The number of aryl methyl sites for hydroxylation is 1. The number of methoxy groups -OCH3 is 1. The van der Waals surface area contributed by atoms with Crippen molar-refractivity contribution in [3.63, 3.8) is 0 Å². The molecule has 0 unspecified atom stereocenters. The van der Waals surface area contributed by atoms with E-state index in [0.29, 0.717) is 0 Å². The second-order valence-corrected chi connectivity index (χ2v) is 2.13. The molecule has 0 spiro atoms. The van der Waals surface area contributed by atoms with Crippen LogP contribution in [0.3, 0.4) is 0 Å². The summed E-state index contributed by atoms with van der Waals surface area (Å²) in [6.07, 6.45) is 3.08. The van der Waals surface area contributed by atoms with Gasteiger partial charge in [0.25, 0.3) is 0 Å². The van der Waals surface area contributed by atoms with E-state index in [4.69, 9.17) is 0 Å². The molecule has 0 N–H and O–H groups in total. The van der Waals surface area contributed by atoms with E-state index >= 15 is 0 Å². The summed E-state index contributed by atoms with van der Waals surface area (Å²) in [6.45, 7) is 1.93. The number of nitrogens with zero attached hydrogens (tertiary/aromatic N) is 2. The van der Waals surface area contributed by atoms with E-state index in [0.717, 1.165) is 11.4 Å². The van der Waals surface area contributed by atoms with Gasteiger partial charge in [0.1, 0.15) is 0 Å². The number of pyridine rings is 1. The minimum absolute atomic E-state index is 0.803. The van der Waals surface area contributed by atoms with E-state index in [1.165, 1.54) is 6.40 Å². The maximum Gasteiger partial charge on any atom is 0.174 e. The van der Waals surface area contributed by atoms with Crippen LogP contribution in [0.4, 0.5) is 5.69 Å².